The van der Waals surface area contributed by atoms with Crippen LogP contribution < -0.4 is 10.6 Å². The fourth-order valence-electron chi connectivity index (χ4n) is 2.73. The third-order valence-electron chi connectivity index (χ3n) is 3.88. The van der Waals surface area contributed by atoms with Crippen molar-refractivity contribution in [2.45, 2.75) is 31.7 Å². The average Bonchev–Trinajstić information content (AvgIpc) is 3.04. The van der Waals surface area contributed by atoms with Crippen LogP contribution in [0.15, 0.2) is 24.5 Å². The summed E-state index contributed by atoms with van der Waals surface area (Å²) in [5.41, 5.74) is -0.628. The molecule has 24 heavy (non-hydrogen) atoms. The Bertz CT molecular complexity index is 766. The third kappa shape index (κ3) is 3.39. The summed E-state index contributed by atoms with van der Waals surface area (Å²) in [5.74, 6) is -1.53. The molecule has 1 aliphatic carbocycles. The highest BCUT2D eigenvalue weighted by Crippen LogP contribution is 2.33. The first-order chi connectivity index (χ1) is 11.5. The number of rotatable bonds is 5. The normalized spacial score (nSPS) is 14.6. The maximum atomic E-state index is 13.8. The van der Waals surface area contributed by atoms with Crippen molar-refractivity contribution >= 4 is 23.0 Å². The van der Waals surface area contributed by atoms with Crippen LogP contribution in [-0.2, 0) is 0 Å². The lowest BCUT2D eigenvalue weighted by Gasteiger charge is -2.14. The first-order valence-corrected chi connectivity index (χ1v) is 7.52. The molecular weight excluding hydrogens is 320 g/mol. The zero-order valence-electron chi connectivity index (χ0n) is 12.6. The molecule has 0 atom stereocenters. The molecule has 1 heterocycles. The molecule has 0 amide bonds. The average molecular weight is 335 g/mol. The van der Waals surface area contributed by atoms with Crippen LogP contribution in [0.1, 0.15) is 25.7 Å². The number of nitro groups is 1. The summed E-state index contributed by atoms with van der Waals surface area (Å²) in [6.45, 7) is 0. The largest absolute Gasteiger partial charge is 0.361 e. The van der Waals surface area contributed by atoms with Crippen molar-refractivity contribution in [2.75, 3.05) is 10.6 Å². The van der Waals surface area contributed by atoms with Crippen molar-refractivity contribution in [3.05, 3.63) is 46.3 Å². The Morgan fingerprint density at radius 2 is 1.88 bits per heavy atom. The molecule has 0 saturated heterocycles. The first-order valence-electron chi connectivity index (χ1n) is 7.52. The summed E-state index contributed by atoms with van der Waals surface area (Å²) in [6, 6.07) is 2.91. The van der Waals surface area contributed by atoms with E-state index in [0.29, 0.717) is 0 Å². The summed E-state index contributed by atoms with van der Waals surface area (Å²) in [5, 5.41) is 17.0. The summed E-state index contributed by atoms with van der Waals surface area (Å²) in [4.78, 5) is 18.5. The van der Waals surface area contributed by atoms with Crippen molar-refractivity contribution < 1.29 is 13.7 Å². The van der Waals surface area contributed by atoms with Crippen LogP contribution in [-0.4, -0.2) is 20.9 Å². The number of aromatic nitrogens is 2. The SMILES string of the molecule is O=[N+]([O-])c1c(Nc2cc(F)ccc2F)ncnc1NC1CCCC1. The second-order valence-corrected chi connectivity index (χ2v) is 5.55. The van der Waals surface area contributed by atoms with Gasteiger partial charge < -0.3 is 10.6 Å². The van der Waals surface area contributed by atoms with Gasteiger partial charge in [0.1, 0.15) is 18.0 Å². The number of anilines is 3. The van der Waals surface area contributed by atoms with E-state index in [4.69, 9.17) is 0 Å². The van der Waals surface area contributed by atoms with Crippen molar-refractivity contribution in [3.8, 4) is 0 Å². The topological polar surface area (TPSA) is 93.0 Å². The van der Waals surface area contributed by atoms with E-state index in [1.807, 2.05) is 0 Å². The minimum absolute atomic E-state index is 0.0706. The maximum Gasteiger partial charge on any atom is 0.353 e. The van der Waals surface area contributed by atoms with Crippen LogP contribution in [0, 0.1) is 21.7 Å². The van der Waals surface area contributed by atoms with Crippen molar-refractivity contribution in [3.63, 3.8) is 0 Å². The molecule has 0 unspecified atom stereocenters. The van der Waals surface area contributed by atoms with Crippen LogP contribution in [0.4, 0.5) is 31.8 Å². The number of nitrogens with zero attached hydrogens (tertiary/aromatic N) is 3. The molecule has 9 heteroatoms. The van der Waals surface area contributed by atoms with Gasteiger partial charge in [0, 0.05) is 12.1 Å². The van der Waals surface area contributed by atoms with E-state index in [9.17, 15) is 18.9 Å². The van der Waals surface area contributed by atoms with Crippen molar-refractivity contribution in [2.24, 2.45) is 0 Å². The lowest BCUT2D eigenvalue weighted by atomic mass is 10.2. The van der Waals surface area contributed by atoms with E-state index in [1.54, 1.807) is 0 Å². The Balaban J connectivity index is 1.94. The smallest absolute Gasteiger partial charge is 0.353 e. The molecule has 2 aromatic rings. The molecule has 7 nitrogen and oxygen atoms in total. The van der Waals surface area contributed by atoms with Gasteiger partial charge in [-0.25, -0.2) is 18.7 Å². The molecule has 1 aromatic carbocycles. The van der Waals surface area contributed by atoms with Gasteiger partial charge in [-0.05, 0) is 25.0 Å². The van der Waals surface area contributed by atoms with Gasteiger partial charge in [0.2, 0.25) is 11.6 Å². The molecule has 0 radical (unpaired) electrons. The highest BCUT2D eigenvalue weighted by atomic mass is 19.1. The zero-order valence-corrected chi connectivity index (χ0v) is 12.6. The van der Waals surface area contributed by atoms with Gasteiger partial charge in [-0.15, -0.1) is 0 Å². The molecule has 1 aromatic heterocycles. The lowest BCUT2D eigenvalue weighted by molar-refractivity contribution is -0.383. The minimum atomic E-state index is -0.741. The molecular formula is C15H15F2N5O2. The Kier molecular flexibility index (Phi) is 4.50. The Hall–Kier alpha value is -2.84. The number of hydrogen-bond donors (Lipinski definition) is 2. The molecule has 126 valence electrons. The highest BCUT2D eigenvalue weighted by molar-refractivity contribution is 5.74. The second-order valence-electron chi connectivity index (χ2n) is 5.55. The van der Waals surface area contributed by atoms with Crippen LogP contribution in [0.5, 0.6) is 0 Å². The Labute approximate surface area is 136 Å². The van der Waals surface area contributed by atoms with E-state index >= 15 is 0 Å². The van der Waals surface area contributed by atoms with Gasteiger partial charge in [-0.3, -0.25) is 10.1 Å². The van der Waals surface area contributed by atoms with Gasteiger partial charge in [-0.2, -0.15) is 0 Å². The van der Waals surface area contributed by atoms with Crippen LogP contribution in [0.3, 0.4) is 0 Å². The standard InChI is InChI=1S/C15H15F2N5O2/c16-9-5-6-11(17)12(7-9)21-15-13(22(23)24)14(18-8-19-15)20-10-3-1-2-4-10/h5-8,10H,1-4H2,(H2,18,19,20,21). The highest BCUT2D eigenvalue weighted by Gasteiger charge is 2.26. The molecule has 1 fully saturated rings. The van der Waals surface area contributed by atoms with Crippen molar-refractivity contribution in [1.29, 1.82) is 0 Å². The lowest BCUT2D eigenvalue weighted by Crippen LogP contribution is -2.17. The Morgan fingerprint density at radius 1 is 1.17 bits per heavy atom. The molecule has 0 spiro atoms. The van der Waals surface area contributed by atoms with Crippen LogP contribution in [0.25, 0.3) is 0 Å². The Morgan fingerprint density at radius 3 is 2.58 bits per heavy atom. The zero-order chi connectivity index (χ0) is 17.1. The van der Waals surface area contributed by atoms with E-state index in [0.717, 1.165) is 50.2 Å². The number of benzene rings is 1. The summed E-state index contributed by atoms with van der Waals surface area (Å²) < 4.78 is 27.0. The van der Waals surface area contributed by atoms with Gasteiger partial charge >= 0.3 is 5.69 Å². The quantitative estimate of drug-likeness (QED) is 0.638. The predicted octanol–water partition coefficient (Wildman–Crippen LogP) is 3.76. The van der Waals surface area contributed by atoms with Gasteiger partial charge in [0.15, 0.2) is 0 Å². The minimum Gasteiger partial charge on any atom is -0.361 e. The maximum absolute atomic E-state index is 13.8. The molecule has 1 saturated carbocycles. The predicted molar refractivity (Wildman–Crippen MR) is 84.2 cm³/mol. The van der Waals surface area contributed by atoms with Gasteiger partial charge in [0.25, 0.3) is 0 Å². The van der Waals surface area contributed by atoms with E-state index in [2.05, 4.69) is 20.6 Å². The molecule has 3 rings (SSSR count). The summed E-state index contributed by atoms with van der Waals surface area (Å²) >= 11 is 0. The van der Waals surface area contributed by atoms with E-state index < -0.39 is 22.2 Å². The third-order valence-corrected chi connectivity index (χ3v) is 3.88. The van der Waals surface area contributed by atoms with Crippen LogP contribution >= 0.6 is 0 Å². The number of hydrogen-bond acceptors (Lipinski definition) is 6. The second kappa shape index (κ2) is 6.73. The van der Waals surface area contributed by atoms with Crippen LogP contribution in [0.2, 0.25) is 0 Å². The van der Waals surface area contributed by atoms with Crippen molar-refractivity contribution in [1.82, 2.24) is 9.97 Å². The molecule has 0 aliphatic heterocycles. The number of halogens is 2. The summed E-state index contributed by atoms with van der Waals surface area (Å²) in [6.07, 6.45) is 5.06. The van der Waals surface area contributed by atoms with E-state index in [-0.39, 0.29) is 23.4 Å². The van der Waals surface area contributed by atoms with Gasteiger partial charge in [-0.1, -0.05) is 12.8 Å². The summed E-state index contributed by atoms with van der Waals surface area (Å²) in [7, 11) is 0. The van der Waals surface area contributed by atoms with E-state index in [1.165, 1.54) is 0 Å². The fourth-order valence-corrected chi connectivity index (χ4v) is 2.73. The molecule has 2 N–H and O–H groups in total. The monoisotopic (exact) mass is 335 g/mol. The number of nitrogens with one attached hydrogen (secondary N) is 2. The van der Waals surface area contributed by atoms with Gasteiger partial charge in [0.05, 0.1) is 10.6 Å². The molecule has 0 bridgehead atoms. The fraction of sp³-hybridized carbons (Fsp3) is 0.333. The molecule has 1 aliphatic rings. The first kappa shape index (κ1) is 16.0.